The molecule has 33 heavy (non-hydrogen) atoms. The average molecular weight is 454 g/mol. The zero-order chi connectivity index (χ0) is 24.2. The van der Waals surface area contributed by atoms with E-state index in [0.717, 1.165) is 48.3 Å². The molecule has 0 radical (unpaired) electrons. The topological polar surface area (TPSA) is 81.8 Å². The molecule has 178 valence electrons. The van der Waals surface area contributed by atoms with Crippen molar-refractivity contribution in [3.8, 4) is 23.0 Å². The van der Waals surface area contributed by atoms with Crippen molar-refractivity contribution in [3.05, 3.63) is 65.0 Å². The lowest BCUT2D eigenvalue weighted by Gasteiger charge is -2.07. The monoisotopic (exact) mass is 453 g/mol. The number of benzene rings is 2. The van der Waals surface area contributed by atoms with Gasteiger partial charge in [0, 0.05) is 25.3 Å². The normalized spacial score (nSPS) is 11.4. The van der Waals surface area contributed by atoms with Crippen LogP contribution in [0.2, 0.25) is 0 Å². The average Bonchev–Trinajstić information content (AvgIpc) is 3.46. The van der Waals surface area contributed by atoms with Gasteiger partial charge < -0.3 is 19.0 Å². The first-order valence-corrected chi connectivity index (χ1v) is 11.6. The van der Waals surface area contributed by atoms with E-state index < -0.39 is 5.97 Å². The fourth-order valence-electron chi connectivity index (χ4n) is 3.62. The summed E-state index contributed by atoms with van der Waals surface area (Å²) >= 11 is 0. The number of carbonyl (C=O) groups is 1. The lowest BCUT2D eigenvalue weighted by Crippen LogP contribution is -2.04. The third-order valence-electron chi connectivity index (χ3n) is 5.11. The van der Waals surface area contributed by atoms with Crippen LogP contribution in [0.25, 0.3) is 11.5 Å². The van der Waals surface area contributed by atoms with Crippen LogP contribution in [0.3, 0.4) is 0 Å². The SMILES string of the molecule is CC.CC(=O)O.CCc1oc(-c2ccc(OC)cc2)nc1CCOc1ccc2c(c1)CCC2. The number of fused-ring (bicyclic) bond motifs is 1. The molecule has 0 saturated heterocycles. The molecule has 1 aromatic heterocycles. The van der Waals surface area contributed by atoms with Crippen molar-refractivity contribution in [3.63, 3.8) is 0 Å². The first-order chi connectivity index (χ1) is 16.0. The van der Waals surface area contributed by atoms with E-state index >= 15 is 0 Å². The van der Waals surface area contributed by atoms with Gasteiger partial charge >= 0.3 is 0 Å². The zero-order valence-corrected chi connectivity index (χ0v) is 20.3. The summed E-state index contributed by atoms with van der Waals surface area (Å²) in [6.07, 6.45) is 5.17. The largest absolute Gasteiger partial charge is 0.497 e. The first-order valence-electron chi connectivity index (χ1n) is 11.6. The predicted molar refractivity (Wildman–Crippen MR) is 130 cm³/mol. The van der Waals surface area contributed by atoms with E-state index in [2.05, 4.69) is 25.1 Å². The van der Waals surface area contributed by atoms with Gasteiger partial charge in [-0.1, -0.05) is 26.8 Å². The molecule has 0 unspecified atom stereocenters. The van der Waals surface area contributed by atoms with Gasteiger partial charge in [0.25, 0.3) is 5.97 Å². The number of nitrogens with zero attached hydrogens (tertiary/aromatic N) is 1. The van der Waals surface area contributed by atoms with E-state index in [1.165, 1.54) is 30.4 Å². The number of oxazole rings is 1. The molecule has 0 spiro atoms. The highest BCUT2D eigenvalue weighted by molar-refractivity contribution is 5.63. The number of rotatable bonds is 7. The molecule has 1 aliphatic rings. The highest BCUT2D eigenvalue weighted by Crippen LogP contribution is 2.27. The first kappa shape index (κ1) is 26.0. The van der Waals surface area contributed by atoms with Gasteiger partial charge in [0.1, 0.15) is 17.3 Å². The van der Waals surface area contributed by atoms with E-state index in [9.17, 15) is 0 Å². The standard InChI is InChI=1S/C23H25NO3.C2H4O2.C2H6/c1-3-22-21(24-23(27-22)17-8-10-19(25-2)11-9-17)13-14-26-20-12-7-16-5-4-6-18(16)15-20;1-2(3)4;1-2/h7-12,15H,3-6,13-14H2,1-2H3;1H3,(H,3,4);1-2H3. The molecule has 1 N–H and O–H groups in total. The van der Waals surface area contributed by atoms with Crippen LogP contribution >= 0.6 is 0 Å². The van der Waals surface area contributed by atoms with E-state index in [0.29, 0.717) is 12.5 Å². The molecule has 2 aromatic carbocycles. The van der Waals surface area contributed by atoms with Crippen LogP contribution in [0.15, 0.2) is 46.9 Å². The molecule has 0 saturated carbocycles. The van der Waals surface area contributed by atoms with Gasteiger partial charge in [0.2, 0.25) is 5.89 Å². The Bertz CT molecular complexity index is 1000. The lowest BCUT2D eigenvalue weighted by molar-refractivity contribution is -0.134. The summed E-state index contributed by atoms with van der Waals surface area (Å²) in [7, 11) is 1.66. The summed E-state index contributed by atoms with van der Waals surface area (Å²) in [5.41, 5.74) is 4.84. The third kappa shape index (κ3) is 7.67. The van der Waals surface area contributed by atoms with Gasteiger partial charge in [-0.3, -0.25) is 4.79 Å². The van der Waals surface area contributed by atoms with Crippen molar-refractivity contribution < 1.29 is 23.8 Å². The number of methoxy groups -OCH3 is 1. The molecule has 0 aliphatic heterocycles. The minimum Gasteiger partial charge on any atom is -0.497 e. The van der Waals surface area contributed by atoms with Crippen LogP contribution in [0.4, 0.5) is 0 Å². The predicted octanol–water partition coefficient (Wildman–Crippen LogP) is 6.14. The number of ether oxygens (including phenoxy) is 2. The lowest BCUT2D eigenvalue weighted by atomic mass is 10.1. The summed E-state index contributed by atoms with van der Waals surface area (Å²) in [4.78, 5) is 13.7. The third-order valence-corrected chi connectivity index (χ3v) is 5.11. The maximum absolute atomic E-state index is 9.00. The molecule has 4 rings (SSSR count). The van der Waals surface area contributed by atoms with Gasteiger partial charge in [-0.2, -0.15) is 0 Å². The summed E-state index contributed by atoms with van der Waals surface area (Å²) in [5.74, 6) is 2.52. The summed E-state index contributed by atoms with van der Waals surface area (Å²) in [5, 5.41) is 7.42. The molecule has 0 atom stereocenters. The minimum atomic E-state index is -0.833. The second-order valence-corrected chi connectivity index (χ2v) is 7.37. The molecular formula is C27H35NO5. The molecule has 3 aromatic rings. The maximum Gasteiger partial charge on any atom is 0.300 e. The van der Waals surface area contributed by atoms with Crippen molar-refractivity contribution in [2.75, 3.05) is 13.7 Å². The van der Waals surface area contributed by atoms with E-state index in [4.69, 9.17) is 28.8 Å². The van der Waals surface area contributed by atoms with Gasteiger partial charge in [-0.15, -0.1) is 0 Å². The van der Waals surface area contributed by atoms with E-state index in [1.807, 2.05) is 38.1 Å². The molecule has 1 aliphatic carbocycles. The Balaban J connectivity index is 0.000000582. The van der Waals surface area contributed by atoms with Gasteiger partial charge in [-0.25, -0.2) is 4.98 Å². The van der Waals surface area contributed by atoms with Crippen LogP contribution < -0.4 is 9.47 Å². The minimum absolute atomic E-state index is 0.598. The Morgan fingerprint density at radius 3 is 2.33 bits per heavy atom. The Labute approximate surface area is 196 Å². The molecule has 0 fully saturated rings. The summed E-state index contributed by atoms with van der Waals surface area (Å²) in [6, 6.07) is 14.2. The fraction of sp³-hybridized carbons (Fsp3) is 0.407. The molecule has 0 bridgehead atoms. The number of aromatic nitrogens is 1. The molecule has 6 heteroatoms. The number of hydrogen-bond acceptors (Lipinski definition) is 5. The highest BCUT2D eigenvalue weighted by atomic mass is 16.5. The Kier molecular flexibility index (Phi) is 10.5. The number of carboxylic acids is 1. The van der Waals surface area contributed by atoms with Crippen LogP contribution in [0.5, 0.6) is 11.5 Å². The molecular weight excluding hydrogens is 418 g/mol. The fourth-order valence-corrected chi connectivity index (χ4v) is 3.62. The smallest absolute Gasteiger partial charge is 0.300 e. The number of aryl methyl sites for hydroxylation is 3. The number of carboxylic acid groups (broad SMARTS) is 1. The van der Waals surface area contributed by atoms with E-state index in [-0.39, 0.29) is 0 Å². The quantitative estimate of drug-likeness (QED) is 0.463. The van der Waals surface area contributed by atoms with Crippen molar-refractivity contribution in [2.45, 2.75) is 59.8 Å². The summed E-state index contributed by atoms with van der Waals surface area (Å²) < 4.78 is 17.2. The van der Waals surface area contributed by atoms with Crippen molar-refractivity contribution in [2.24, 2.45) is 0 Å². The van der Waals surface area contributed by atoms with Crippen molar-refractivity contribution in [1.82, 2.24) is 4.98 Å². The second-order valence-electron chi connectivity index (χ2n) is 7.37. The Morgan fingerprint density at radius 2 is 1.70 bits per heavy atom. The molecule has 6 nitrogen and oxygen atoms in total. The van der Waals surface area contributed by atoms with Crippen LogP contribution in [-0.4, -0.2) is 29.8 Å². The molecule has 0 amide bonds. The highest BCUT2D eigenvalue weighted by Gasteiger charge is 2.14. The maximum atomic E-state index is 9.00. The zero-order valence-electron chi connectivity index (χ0n) is 20.3. The number of hydrogen-bond donors (Lipinski definition) is 1. The van der Waals surface area contributed by atoms with Gasteiger partial charge in [0.15, 0.2) is 0 Å². The van der Waals surface area contributed by atoms with Gasteiger partial charge in [0.05, 0.1) is 19.4 Å². The Morgan fingerprint density at radius 1 is 1.06 bits per heavy atom. The van der Waals surface area contributed by atoms with Crippen LogP contribution in [-0.2, 0) is 30.5 Å². The second kappa shape index (κ2) is 13.3. The van der Waals surface area contributed by atoms with E-state index in [1.54, 1.807) is 7.11 Å². The van der Waals surface area contributed by atoms with Crippen molar-refractivity contribution >= 4 is 5.97 Å². The van der Waals surface area contributed by atoms with Crippen molar-refractivity contribution in [1.29, 1.82) is 0 Å². The summed E-state index contributed by atoms with van der Waals surface area (Å²) in [6.45, 7) is 7.77. The Hall–Kier alpha value is -3.28. The van der Waals surface area contributed by atoms with Crippen LogP contribution in [0, 0.1) is 0 Å². The van der Waals surface area contributed by atoms with Crippen LogP contribution in [0.1, 0.15) is 56.7 Å². The molecule has 1 heterocycles. The number of aliphatic carboxylic acids is 1. The van der Waals surface area contributed by atoms with Gasteiger partial charge in [-0.05, 0) is 66.8 Å².